The molecule has 0 spiro atoms. The summed E-state index contributed by atoms with van der Waals surface area (Å²) in [5, 5.41) is 46.1. The maximum atomic E-state index is 14.0. The first-order chi connectivity index (χ1) is 27.8. The van der Waals surface area contributed by atoms with Crippen LogP contribution in [0.1, 0.15) is 52.0 Å². The Hall–Kier alpha value is -6.70. The van der Waals surface area contributed by atoms with E-state index < -0.39 is 59.9 Å². The number of rotatable bonds is 12. The van der Waals surface area contributed by atoms with Gasteiger partial charge in [-0.25, -0.2) is 9.59 Å². The van der Waals surface area contributed by atoms with Gasteiger partial charge >= 0.3 is 12.1 Å². The van der Waals surface area contributed by atoms with E-state index in [0.717, 1.165) is 17.7 Å². The van der Waals surface area contributed by atoms with Crippen LogP contribution in [-0.2, 0) is 35.5 Å². The van der Waals surface area contributed by atoms with Gasteiger partial charge in [0, 0.05) is 34.7 Å². The number of aliphatic hydroxyl groups is 2. The molecule has 58 heavy (non-hydrogen) atoms. The largest absolute Gasteiger partial charge is 0.514 e. The van der Waals surface area contributed by atoms with Crippen molar-refractivity contribution in [3.63, 3.8) is 0 Å². The Balaban J connectivity index is 1.58. The number of carbonyl (C=O) groups is 2. The van der Waals surface area contributed by atoms with Crippen LogP contribution in [0, 0.1) is 6.92 Å². The van der Waals surface area contributed by atoms with E-state index in [1.165, 1.54) is 14.2 Å². The molecule has 0 saturated heterocycles. The van der Waals surface area contributed by atoms with Gasteiger partial charge in [-0.2, -0.15) is 0 Å². The Kier molecular flexibility index (Phi) is 10.7. The highest BCUT2D eigenvalue weighted by molar-refractivity contribution is 6.37. The average molecular weight is 789 g/mol. The van der Waals surface area contributed by atoms with Gasteiger partial charge in [0.1, 0.15) is 18.0 Å². The number of phenolic OH excluding ortho intramolecular Hbond substituents is 2. The van der Waals surface area contributed by atoms with Gasteiger partial charge in [0.05, 0.1) is 43.8 Å². The van der Waals surface area contributed by atoms with Crippen LogP contribution in [0.15, 0.2) is 76.3 Å². The van der Waals surface area contributed by atoms with Crippen molar-refractivity contribution in [3.8, 4) is 28.7 Å². The monoisotopic (exact) mass is 788 g/mol. The van der Waals surface area contributed by atoms with Gasteiger partial charge in [-0.1, -0.05) is 35.9 Å². The lowest BCUT2D eigenvalue weighted by Crippen LogP contribution is -2.21. The minimum Gasteiger partial charge on any atom is -0.504 e. The molecule has 4 N–H and O–H groups in total. The summed E-state index contributed by atoms with van der Waals surface area (Å²) in [7, 11) is 2.59. The number of benzene rings is 7. The summed E-state index contributed by atoms with van der Waals surface area (Å²) in [6.45, 7) is 3.79. The summed E-state index contributed by atoms with van der Waals surface area (Å²) in [6.07, 6.45) is -3.15. The molecule has 0 fully saturated rings. The van der Waals surface area contributed by atoms with Gasteiger partial charge in [0.25, 0.3) is 0 Å². The summed E-state index contributed by atoms with van der Waals surface area (Å²) >= 11 is 0. The van der Waals surface area contributed by atoms with Crippen LogP contribution >= 0.6 is 0 Å². The van der Waals surface area contributed by atoms with Crippen LogP contribution in [0.25, 0.3) is 43.1 Å². The Labute approximate surface area is 330 Å². The summed E-state index contributed by atoms with van der Waals surface area (Å²) in [5.74, 6) is -1.72. The van der Waals surface area contributed by atoms with Gasteiger partial charge in [0.15, 0.2) is 33.9 Å². The molecule has 0 bridgehead atoms. The first-order valence-electron chi connectivity index (χ1n) is 18.4. The zero-order chi connectivity index (χ0) is 41.6. The fourth-order valence-electron chi connectivity index (χ4n) is 8.01. The summed E-state index contributed by atoms with van der Waals surface area (Å²) in [4.78, 5) is 54.3. The molecule has 0 aliphatic rings. The Morgan fingerprint density at radius 1 is 0.621 bits per heavy atom. The summed E-state index contributed by atoms with van der Waals surface area (Å²) in [6, 6.07) is 17.4. The van der Waals surface area contributed by atoms with Crippen LogP contribution in [0.2, 0.25) is 0 Å². The topological polar surface area (TPSA) is 195 Å². The molecule has 0 heterocycles. The average Bonchev–Trinajstić information content (AvgIpc) is 3.19. The van der Waals surface area contributed by atoms with Crippen molar-refractivity contribution in [2.24, 2.45) is 0 Å². The molecular weight excluding hydrogens is 748 g/mol. The van der Waals surface area contributed by atoms with Crippen molar-refractivity contribution < 1.29 is 53.7 Å². The van der Waals surface area contributed by atoms with Crippen LogP contribution in [-0.4, -0.2) is 59.0 Å². The molecule has 0 amide bonds. The van der Waals surface area contributed by atoms with Gasteiger partial charge in [-0.15, -0.1) is 0 Å². The van der Waals surface area contributed by atoms with Gasteiger partial charge in [-0.3, -0.25) is 9.59 Å². The normalized spacial score (nSPS) is 12.6. The van der Waals surface area contributed by atoms with Crippen LogP contribution in [0.4, 0.5) is 4.79 Å². The van der Waals surface area contributed by atoms with E-state index in [9.17, 15) is 39.6 Å². The molecule has 0 aromatic heterocycles. The van der Waals surface area contributed by atoms with E-state index in [1.807, 2.05) is 6.92 Å². The number of methoxy groups -OCH3 is 2. The highest BCUT2D eigenvalue weighted by Gasteiger charge is 2.33. The fourth-order valence-corrected chi connectivity index (χ4v) is 8.01. The maximum Gasteiger partial charge on any atom is 0.514 e. The molecule has 2 atom stereocenters. The lowest BCUT2D eigenvalue weighted by atomic mass is 9.80. The predicted octanol–water partition coefficient (Wildman–Crippen LogP) is 6.55. The number of aromatic hydroxyl groups is 2. The van der Waals surface area contributed by atoms with E-state index in [4.69, 9.17) is 23.7 Å². The molecule has 0 aliphatic carbocycles. The molecule has 7 rings (SSSR count). The lowest BCUT2D eigenvalue weighted by Gasteiger charge is -2.27. The number of fused-ring (bicyclic) bond motifs is 2. The molecule has 0 saturated carbocycles. The molecule has 2 unspecified atom stereocenters. The number of aliphatic hydroxyl groups excluding tert-OH is 2. The van der Waals surface area contributed by atoms with Crippen molar-refractivity contribution in [1.29, 1.82) is 0 Å². The summed E-state index contributed by atoms with van der Waals surface area (Å²) in [5.41, 5.74) is 0.612. The van der Waals surface area contributed by atoms with E-state index in [0.29, 0.717) is 5.56 Å². The first kappa shape index (κ1) is 39.5. The number of esters is 1. The quantitative estimate of drug-likeness (QED) is 0.0451. The SMILES string of the molecule is COc1c(O)c2c(=O)cc(CO)c3c4c(CO)cc(=O)c5c(O)c(OC)c(CC(C)OC(=O)c6ccccc6)c(c(c1CC(C)OC(=O)Oc1ccc(C)cc1)c23)c54. The highest BCUT2D eigenvalue weighted by Crippen LogP contribution is 2.54. The second-order valence-corrected chi connectivity index (χ2v) is 14.2. The minimum absolute atomic E-state index is 0.113. The third-order valence-electron chi connectivity index (χ3n) is 10.4. The maximum absolute atomic E-state index is 14.0. The summed E-state index contributed by atoms with van der Waals surface area (Å²) < 4.78 is 28.6. The smallest absolute Gasteiger partial charge is 0.504 e. The highest BCUT2D eigenvalue weighted by atomic mass is 16.7. The fraction of sp³-hybridized carbons (Fsp3) is 0.244. The van der Waals surface area contributed by atoms with E-state index in [1.54, 1.807) is 68.4 Å². The number of carbonyl (C=O) groups excluding carboxylic acids is 2. The van der Waals surface area contributed by atoms with Crippen LogP contribution < -0.4 is 25.1 Å². The number of hydrogen-bond donors (Lipinski definition) is 4. The van der Waals surface area contributed by atoms with Gasteiger partial charge in [-0.05, 0) is 89.8 Å². The number of hydrogen-bond acceptors (Lipinski definition) is 13. The second-order valence-electron chi connectivity index (χ2n) is 14.2. The van der Waals surface area contributed by atoms with Gasteiger partial charge < -0.3 is 44.1 Å². The zero-order valence-corrected chi connectivity index (χ0v) is 32.3. The third-order valence-corrected chi connectivity index (χ3v) is 10.4. The van der Waals surface area contributed by atoms with E-state index >= 15 is 0 Å². The second kappa shape index (κ2) is 15.7. The predicted molar refractivity (Wildman–Crippen MR) is 216 cm³/mol. The molecule has 7 aromatic rings. The van der Waals surface area contributed by atoms with Crippen molar-refractivity contribution in [2.75, 3.05) is 14.2 Å². The van der Waals surface area contributed by atoms with Crippen LogP contribution in [0.5, 0.6) is 28.7 Å². The molecule has 298 valence electrons. The van der Waals surface area contributed by atoms with Crippen molar-refractivity contribution in [1.82, 2.24) is 0 Å². The molecule has 0 aliphatic heterocycles. The minimum atomic E-state index is -1.02. The Morgan fingerprint density at radius 2 is 1.09 bits per heavy atom. The standard InChI is InChI=1S/C45H40O13/c1-21-11-13-27(14-12-21)58-45(53)57-23(3)16-29-35-34-28(15-22(2)56-44(52)24-9-7-6-8-10-24)42(54-4)40(50)36-30(48)17-25(19-46)32(38(34)36)33-26(20-47)18-31(49)37(39(33)35)41(51)43(29)55-5/h6-14,17-18,22-23,46-47,50-51H,15-16,19-20H2,1-5H3. The molecule has 7 aromatic carbocycles. The van der Waals surface area contributed by atoms with Crippen molar-refractivity contribution >= 4 is 55.2 Å². The number of ether oxygens (including phenoxy) is 5. The first-order valence-corrected chi connectivity index (χ1v) is 18.4. The van der Waals surface area contributed by atoms with Gasteiger partial charge in [0.2, 0.25) is 0 Å². The number of aryl methyl sites for hydroxylation is 1. The van der Waals surface area contributed by atoms with E-state index in [2.05, 4.69) is 0 Å². The Bertz CT molecular complexity index is 2840. The van der Waals surface area contributed by atoms with Crippen molar-refractivity contribution in [3.05, 3.63) is 121 Å². The zero-order valence-electron chi connectivity index (χ0n) is 32.3. The number of phenols is 2. The molecule has 13 heteroatoms. The van der Waals surface area contributed by atoms with Crippen LogP contribution in [0.3, 0.4) is 0 Å². The molecule has 0 radical (unpaired) electrons. The molecule has 13 nitrogen and oxygen atoms in total. The Morgan fingerprint density at radius 3 is 1.53 bits per heavy atom. The van der Waals surface area contributed by atoms with E-state index in [-0.39, 0.29) is 95.4 Å². The lowest BCUT2D eigenvalue weighted by molar-refractivity contribution is 0.0342. The third kappa shape index (κ3) is 6.67. The molecular formula is C45H40O13. The van der Waals surface area contributed by atoms with Crippen molar-refractivity contribution in [2.45, 2.75) is 59.0 Å².